The third-order valence-electron chi connectivity index (χ3n) is 7.18. The molecule has 4 heterocycles. The summed E-state index contributed by atoms with van der Waals surface area (Å²) in [6.45, 7) is 4.69. The zero-order valence-electron chi connectivity index (χ0n) is 20.2. The number of ether oxygens (including phenoxy) is 1. The number of nitrogens with one attached hydrogen (secondary N) is 1. The van der Waals surface area contributed by atoms with Crippen LogP contribution in [0.4, 0.5) is 11.4 Å². The lowest BCUT2D eigenvalue weighted by atomic mass is 9.91. The number of rotatable bonds is 6. The number of unbranched alkanes of at least 4 members (excludes halogenated alkanes) is 1. The zero-order valence-corrected chi connectivity index (χ0v) is 20.2. The van der Waals surface area contributed by atoms with Gasteiger partial charge in [-0.05, 0) is 44.2 Å². The summed E-state index contributed by atoms with van der Waals surface area (Å²) in [5.41, 5.74) is 10.4. The number of benzene rings is 1. The predicted molar refractivity (Wildman–Crippen MR) is 138 cm³/mol. The van der Waals surface area contributed by atoms with Gasteiger partial charge in [0.2, 0.25) is 11.5 Å². The normalized spacial score (nSPS) is 20.1. The second-order valence-corrected chi connectivity index (χ2v) is 9.64. The van der Waals surface area contributed by atoms with Crippen molar-refractivity contribution in [3.8, 4) is 17.3 Å². The first-order valence-electron chi connectivity index (χ1n) is 12.8. The first-order valence-corrected chi connectivity index (χ1v) is 12.8. The largest absolute Gasteiger partial charge is 0.486 e. The topological polar surface area (TPSA) is 106 Å². The molecule has 1 fully saturated rings. The highest BCUT2D eigenvalue weighted by atomic mass is 16.5. The van der Waals surface area contributed by atoms with Gasteiger partial charge in [-0.1, -0.05) is 31.5 Å². The highest BCUT2D eigenvalue weighted by Crippen LogP contribution is 2.35. The Labute approximate surface area is 204 Å². The van der Waals surface area contributed by atoms with Crippen molar-refractivity contribution in [3.05, 3.63) is 36.5 Å². The summed E-state index contributed by atoms with van der Waals surface area (Å²) in [6, 6.07) is 11.1. The molecule has 0 atom stereocenters. The van der Waals surface area contributed by atoms with E-state index in [0.717, 1.165) is 85.3 Å². The van der Waals surface area contributed by atoms with E-state index in [0.29, 0.717) is 30.2 Å². The Morgan fingerprint density at radius 2 is 2.00 bits per heavy atom. The van der Waals surface area contributed by atoms with Crippen LogP contribution in [0.15, 0.2) is 36.5 Å². The lowest BCUT2D eigenvalue weighted by Crippen LogP contribution is -2.34. The van der Waals surface area contributed by atoms with E-state index < -0.39 is 0 Å². The summed E-state index contributed by atoms with van der Waals surface area (Å²) in [5, 5.41) is 18.4. The molecule has 0 radical (unpaired) electrons. The smallest absolute Gasteiger partial charge is 0.222 e. The van der Waals surface area contributed by atoms with E-state index >= 15 is 0 Å². The van der Waals surface area contributed by atoms with E-state index in [4.69, 9.17) is 20.6 Å². The van der Waals surface area contributed by atoms with Crippen LogP contribution in [0.5, 0.6) is 5.75 Å². The number of fused-ring (bicyclic) bond motifs is 4. The Morgan fingerprint density at radius 3 is 2.86 bits per heavy atom. The van der Waals surface area contributed by atoms with Crippen molar-refractivity contribution in [1.82, 2.24) is 24.8 Å². The van der Waals surface area contributed by atoms with Crippen LogP contribution in [0.25, 0.3) is 28.1 Å². The molecule has 1 aliphatic heterocycles. The van der Waals surface area contributed by atoms with Crippen molar-refractivity contribution < 1.29 is 4.74 Å². The monoisotopic (exact) mass is 472 g/mol. The maximum Gasteiger partial charge on any atom is 0.222 e. The number of hydrogen-bond donors (Lipinski definition) is 2. The van der Waals surface area contributed by atoms with E-state index in [1.165, 1.54) is 0 Å². The van der Waals surface area contributed by atoms with Gasteiger partial charge in [-0.25, -0.2) is 4.98 Å². The van der Waals surface area contributed by atoms with Crippen molar-refractivity contribution in [3.63, 3.8) is 0 Å². The molecule has 3 N–H and O–H groups in total. The molecule has 35 heavy (non-hydrogen) atoms. The van der Waals surface area contributed by atoms with Crippen molar-refractivity contribution >= 4 is 27.9 Å². The van der Waals surface area contributed by atoms with Crippen LogP contribution in [-0.2, 0) is 0 Å². The molecule has 0 bridgehead atoms. The quantitative estimate of drug-likeness (QED) is 0.433. The molecule has 0 saturated heterocycles. The van der Waals surface area contributed by atoms with Crippen LogP contribution in [0, 0.1) is 0 Å². The van der Waals surface area contributed by atoms with Gasteiger partial charge in [0.25, 0.3) is 0 Å². The molecule has 9 nitrogen and oxygen atoms in total. The van der Waals surface area contributed by atoms with E-state index in [1.807, 2.05) is 12.3 Å². The summed E-state index contributed by atoms with van der Waals surface area (Å²) >= 11 is 0. The standard InChI is InChI=1S/C26H32N8O/c1-2-3-13-33-14-15-35-24-22(33)16-28-34-25(31-32-26(24)34)21-12-7-17-5-4-6-20(23(17)30-21)29-19-10-8-18(27)9-11-19/h4-7,12,16,18-19,29H,2-3,8-11,13-15,27H2,1H3. The number of para-hydroxylation sites is 1. The summed E-state index contributed by atoms with van der Waals surface area (Å²) in [5.74, 6) is 1.36. The molecule has 2 aliphatic rings. The molecular weight excluding hydrogens is 440 g/mol. The number of anilines is 2. The van der Waals surface area contributed by atoms with Gasteiger partial charge in [-0.15, -0.1) is 10.2 Å². The summed E-state index contributed by atoms with van der Waals surface area (Å²) in [4.78, 5) is 7.34. The number of pyridine rings is 1. The third kappa shape index (κ3) is 4.14. The second-order valence-electron chi connectivity index (χ2n) is 9.64. The molecule has 0 spiro atoms. The molecule has 1 aromatic carbocycles. The molecule has 6 rings (SSSR count). The number of aromatic nitrogens is 5. The van der Waals surface area contributed by atoms with Crippen LogP contribution in [0.1, 0.15) is 45.4 Å². The summed E-state index contributed by atoms with van der Waals surface area (Å²) in [6.07, 6.45) is 8.42. The number of nitrogens with zero attached hydrogens (tertiary/aromatic N) is 6. The number of hydrogen-bond acceptors (Lipinski definition) is 8. The fourth-order valence-corrected chi connectivity index (χ4v) is 5.17. The first kappa shape index (κ1) is 22.0. The van der Waals surface area contributed by atoms with Gasteiger partial charge >= 0.3 is 0 Å². The molecule has 0 amide bonds. The van der Waals surface area contributed by atoms with Crippen LogP contribution in [0.2, 0.25) is 0 Å². The molecular formula is C26H32N8O. The second kappa shape index (κ2) is 9.30. The zero-order chi connectivity index (χ0) is 23.8. The summed E-state index contributed by atoms with van der Waals surface area (Å²) in [7, 11) is 0. The lowest BCUT2D eigenvalue weighted by Gasteiger charge is -2.30. The van der Waals surface area contributed by atoms with Gasteiger partial charge in [-0.2, -0.15) is 9.61 Å². The van der Waals surface area contributed by atoms with Crippen LogP contribution < -0.4 is 20.7 Å². The molecule has 9 heteroatoms. The fraction of sp³-hybridized carbons (Fsp3) is 0.462. The SMILES string of the molecule is CCCCN1CCOc2c1cnn1c(-c3ccc4cccc(NC5CCC(N)CC5)c4n3)nnc21. The van der Waals surface area contributed by atoms with Gasteiger partial charge in [-0.3, -0.25) is 0 Å². The van der Waals surface area contributed by atoms with Crippen molar-refractivity contribution in [2.24, 2.45) is 5.73 Å². The van der Waals surface area contributed by atoms with Crippen molar-refractivity contribution in [2.45, 2.75) is 57.5 Å². The van der Waals surface area contributed by atoms with E-state index in [-0.39, 0.29) is 0 Å². The highest BCUT2D eigenvalue weighted by molar-refractivity contribution is 5.92. The third-order valence-corrected chi connectivity index (χ3v) is 7.18. The van der Waals surface area contributed by atoms with Gasteiger partial charge in [0.15, 0.2) is 5.75 Å². The molecule has 1 saturated carbocycles. The number of nitrogens with two attached hydrogens (primary N) is 1. The van der Waals surface area contributed by atoms with Gasteiger partial charge in [0, 0.05) is 24.0 Å². The Bertz CT molecular complexity index is 1340. The highest BCUT2D eigenvalue weighted by Gasteiger charge is 2.25. The lowest BCUT2D eigenvalue weighted by molar-refractivity contribution is 0.308. The maximum atomic E-state index is 6.10. The molecule has 1 aliphatic carbocycles. The van der Waals surface area contributed by atoms with Gasteiger partial charge in [0.1, 0.15) is 18.0 Å². The van der Waals surface area contributed by atoms with E-state index in [2.05, 4.69) is 51.6 Å². The Hall–Kier alpha value is -3.46. The minimum absolute atomic E-state index is 0.326. The minimum Gasteiger partial charge on any atom is -0.486 e. The van der Waals surface area contributed by atoms with Crippen LogP contribution in [0.3, 0.4) is 0 Å². The minimum atomic E-state index is 0.326. The Morgan fingerprint density at radius 1 is 1.11 bits per heavy atom. The van der Waals surface area contributed by atoms with Crippen molar-refractivity contribution in [1.29, 1.82) is 0 Å². The first-order chi connectivity index (χ1) is 17.2. The maximum absolute atomic E-state index is 6.10. The average molecular weight is 473 g/mol. The molecule has 0 unspecified atom stereocenters. The molecule has 182 valence electrons. The van der Waals surface area contributed by atoms with Crippen LogP contribution >= 0.6 is 0 Å². The molecule has 4 aromatic rings. The predicted octanol–water partition coefficient (Wildman–Crippen LogP) is 4.02. The Balaban J connectivity index is 1.36. The fourth-order valence-electron chi connectivity index (χ4n) is 5.17. The molecule has 3 aromatic heterocycles. The van der Waals surface area contributed by atoms with E-state index in [9.17, 15) is 0 Å². The van der Waals surface area contributed by atoms with Crippen molar-refractivity contribution in [2.75, 3.05) is 29.9 Å². The average Bonchev–Trinajstić information content (AvgIpc) is 3.33. The van der Waals surface area contributed by atoms with E-state index in [1.54, 1.807) is 4.52 Å². The summed E-state index contributed by atoms with van der Waals surface area (Å²) < 4.78 is 7.78. The van der Waals surface area contributed by atoms with Gasteiger partial charge in [0.05, 0.1) is 23.9 Å². The van der Waals surface area contributed by atoms with Crippen LogP contribution in [-0.4, -0.2) is 56.6 Å². The Kier molecular flexibility index (Phi) is 5.85. The van der Waals surface area contributed by atoms with Gasteiger partial charge < -0.3 is 20.7 Å².